The molecule has 4 heteroatoms. The Morgan fingerprint density at radius 2 is 1.84 bits per heavy atom. The molecule has 0 aliphatic carbocycles. The van der Waals surface area contributed by atoms with Crippen molar-refractivity contribution in [3.8, 4) is 0 Å². The molecule has 2 rings (SSSR count). The van der Waals surface area contributed by atoms with E-state index in [-0.39, 0.29) is 6.42 Å². The summed E-state index contributed by atoms with van der Waals surface area (Å²) in [4.78, 5) is 10.5. The lowest BCUT2D eigenvalue weighted by Crippen LogP contribution is -2.27. The molecular weight excluding hydrogens is 332 g/mol. The first-order chi connectivity index (χ1) is 12.2. The minimum atomic E-state index is -0.697. The standard InChI is InChI=1S/C21H34O3S/c1-2-3-4-9-15-25-16-14-18-17(19-12-13-20(18)24-19)10-7-5-6-8-11-21(22)23/h3-5,7,17-20H,2,6,8-16H2,1H3,(H,22,23)/t17-,18-,19-,20+/m1/s1. The second kappa shape index (κ2) is 11.8. The third-order valence-electron chi connectivity index (χ3n) is 5.35. The zero-order valence-corrected chi connectivity index (χ0v) is 16.4. The summed E-state index contributed by atoms with van der Waals surface area (Å²) in [5.74, 6) is 3.18. The Labute approximate surface area is 157 Å². The van der Waals surface area contributed by atoms with Gasteiger partial charge < -0.3 is 9.84 Å². The van der Waals surface area contributed by atoms with Gasteiger partial charge in [0.25, 0.3) is 0 Å². The molecule has 0 spiro atoms. The van der Waals surface area contributed by atoms with Gasteiger partial charge in [-0.15, -0.1) is 0 Å². The third kappa shape index (κ3) is 7.18. The monoisotopic (exact) mass is 366 g/mol. The molecule has 0 unspecified atom stereocenters. The van der Waals surface area contributed by atoms with Crippen molar-refractivity contribution in [2.75, 3.05) is 11.5 Å². The Morgan fingerprint density at radius 1 is 1.08 bits per heavy atom. The van der Waals surface area contributed by atoms with Gasteiger partial charge in [0, 0.05) is 6.42 Å². The highest BCUT2D eigenvalue weighted by atomic mass is 32.2. The zero-order chi connectivity index (χ0) is 17.9. The lowest BCUT2D eigenvalue weighted by Gasteiger charge is -2.27. The van der Waals surface area contributed by atoms with Gasteiger partial charge in [0.15, 0.2) is 0 Å². The first-order valence-electron chi connectivity index (χ1n) is 9.97. The van der Waals surface area contributed by atoms with Gasteiger partial charge in [0.1, 0.15) is 0 Å². The van der Waals surface area contributed by atoms with Gasteiger partial charge in [-0.25, -0.2) is 0 Å². The summed E-state index contributed by atoms with van der Waals surface area (Å²) in [6, 6.07) is 0. The molecule has 2 saturated heterocycles. The maximum atomic E-state index is 10.5. The molecule has 2 bridgehead atoms. The van der Waals surface area contributed by atoms with Crippen molar-refractivity contribution >= 4 is 17.7 Å². The van der Waals surface area contributed by atoms with Gasteiger partial charge in [0.05, 0.1) is 12.2 Å². The molecule has 0 aromatic heterocycles. The Bertz CT molecular complexity index is 446. The second-order valence-electron chi connectivity index (χ2n) is 7.18. The van der Waals surface area contributed by atoms with Crippen LogP contribution >= 0.6 is 11.8 Å². The average Bonchev–Trinajstić information content (AvgIpc) is 3.19. The van der Waals surface area contributed by atoms with E-state index in [0.29, 0.717) is 18.1 Å². The van der Waals surface area contributed by atoms with E-state index >= 15 is 0 Å². The van der Waals surface area contributed by atoms with E-state index in [2.05, 4.69) is 43.0 Å². The van der Waals surface area contributed by atoms with Crippen LogP contribution in [0.15, 0.2) is 24.3 Å². The molecule has 2 aliphatic heterocycles. The molecule has 0 aromatic rings. The molecule has 2 aliphatic rings. The van der Waals surface area contributed by atoms with Gasteiger partial charge in [0.2, 0.25) is 0 Å². The Morgan fingerprint density at radius 3 is 2.60 bits per heavy atom. The fourth-order valence-corrected chi connectivity index (χ4v) is 5.04. The fraction of sp³-hybridized carbons (Fsp3) is 0.762. The molecule has 4 atom stereocenters. The highest BCUT2D eigenvalue weighted by Gasteiger charge is 2.47. The molecule has 1 N–H and O–H groups in total. The quantitative estimate of drug-likeness (QED) is 0.347. The highest BCUT2D eigenvalue weighted by molar-refractivity contribution is 7.99. The normalized spacial score (nSPS) is 28.5. The summed E-state index contributed by atoms with van der Waals surface area (Å²) in [5.41, 5.74) is 0. The molecule has 2 heterocycles. The van der Waals surface area contributed by atoms with Crippen LogP contribution in [0.4, 0.5) is 0 Å². The van der Waals surface area contributed by atoms with E-state index in [0.717, 1.165) is 31.6 Å². The maximum Gasteiger partial charge on any atom is 0.303 e. The van der Waals surface area contributed by atoms with Crippen molar-refractivity contribution in [2.45, 2.75) is 76.9 Å². The largest absolute Gasteiger partial charge is 0.481 e. The van der Waals surface area contributed by atoms with Crippen LogP contribution in [0.5, 0.6) is 0 Å². The number of fused-ring (bicyclic) bond motifs is 2. The average molecular weight is 367 g/mol. The van der Waals surface area contributed by atoms with Crippen molar-refractivity contribution in [3.63, 3.8) is 0 Å². The van der Waals surface area contributed by atoms with Crippen molar-refractivity contribution in [2.24, 2.45) is 11.8 Å². The number of unbranched alkanes of at least 4 members (excludes halogenated alkanes) is 1. The van der Waals surface area contributed by atoms with E-state index < -0.39 is 5.97 Å². The molecule has 3 nitrogen and oxygen atoms in total. The minimum Gasteiger partial charge on any atom is -0.481 e. The SMILES string of the molecule is CCC=CCCSCC[C@@H]1[C@@H](CC=CCCCC(=O)O)[C@H]2CC[C@@H]1O2. The molecule has 25 heavy (non-hydrogen) atoms. The highest BCUT2D eigenvalue weighted by Crippen LogP contribution is 2.47. The number of ether oxygens (including phenoxy) is 1. The van der Waals surface area contributed by atoms with Crippen molar-refractivity contribution in [1.29, 1.82) is 0 Å². The van der Waals surface area contributed by atoms with E-state index in [1.54, 1.807) is 0 Å². The molecule has 0 radical (unpaired) electrons. The van der Waals surface area contributed by atoms with Crippen LogP contribution in [0.25, 0.3) is 0 Å². The van der Waals surface area contributed by atoms with E-state index in [1.165, 1.54) is 37.2 Å². The summed E-state index contributed by atoms with van der Waals surface area (Å²) < 4.78 is 6.19. The summed E-state index contributed by atoms with van der Waals surface area (Å²) in [7, 11) is 0. The van der Waals surface area contributed by atoms with Crippen molar-refractivity contribution in [1.82, 2.24) is 0 Å². The van der Waals surface area contributed by atoms with Crippen LogP contribution in [0.2, 0.25) is 0 Å². The fourth-order valence-electron chi connectivity index (χ4n) is 4.10. The number of hydrogen-bond acceptors (Lipinski definition) is 3. The summed E-state index contributed by atoms with van der Waals surface area (Å²) >= 11 is 2.08. The minimum absolute atomic E-state index is 0.273. The predicted molar refractivity (Wildman–Crippen MR) is 106 cm³/mol. The first kappa shape index (κ1) is 20.6. The molecular formula is C21H34O3S. The Balaban J connectivity index is 1.65. The van der Waals surface area contributed by atoms with Gasteiger partial charge >= 0.3 is 5.97 Å². The maximum absolute atomic E-state index is 10.5. The van der Waals surface area contributed by atoms with E-state index in [9.17, 15) is 4.79 Å². The van der Waals surface area contributed by atoms with Crippen LogP contribution in [0, 0.1) is 11.8 Å². The van der Waals surface area contributed by atoms with Gasteiger partial charge in [-0.3, -0.25) is 4.79 Å². The van der Waals surface area contributed by atoms with E-state index in [4.69, 9.17) is 9.84 Å². The van der Waals surface area contributed by atoms with Gasteiger partial charge in [-0.2, -0.15) is 11.8 Å². The third-order valence-corrected chi connectivity index (χ3v) is 6.40. The number of rotatable bonds is 13. The zero-order valence-electron chi connectivity index (χ0n) is 15.6. The Hall–Kier alpha value is -0.740. The van der Waals surface area contributed by atoms with Crippen LogP contribution in [-0.4, -0.2) is 34.8 Å². The molecule has 142 valence electrons. The molecule has 2 fully saturated rings. The number of hydrogen-bond donors (Lipinski definition) is 1. The number of carboxylic acid groups (broad SMARTS) is 1. The second-order valence-corrected chi connectivity index (χ2v) is 8.41. The Kier molecular flexibility index (Phi) is 9.70. The van der Waals surface area contributed by atoms with Gasteiger partial charge in [-0.1, -0.05) is 31.2 Å². The van der Waals surface area contributed by atoms with Crippen LogP contribution in [0.3, 0.4) is 0 Å². The number of carboxylic acids is 1. The summed E-state index contributed by atoms with van der Waals surface area (Å²) in [6.45, 7) is 2.18. The van der Waals surface area contributed by atoms with Crippen LogP contribution in [-0.2, 0) is 9.53 Å². The number of carbonyl (C=O) groups is 1. The van der Waals surface area contributed by atoms with E-state index in [1.807, 2.05) is 0 Å². The summed E-state index contributed by atoms with van der Waals surface area (Å²) in [6.07, 6.45) is 19.0. The van der Waals surface area contributed by atoms with Crippen molar-refractivity contribution < 1.29 is 14.6 Å². The molecule has 0 saturated carbocycles. The first-order valence-corrected chi connectivity index (χ1v) is 11.1. The van der Waals surface area contributed by atoms with Crippen molar-refractivity contribution in [3.05, 3.63) is 24.3 Å². The number of thioether (sulfide) groups is 1. The lowest BCUT2D eigenvalue weighted by atomic mass is 9.76. The van der Waals surface area contributed by atoms with Crippen LogP contribution < -0.4 is 0 Å². The number of aliphatic carboxylic acids is 1. The van der Waals surface area contributed by atoms with Crippen LogP contribution in [0.1, 0.15) is 64.7 Å². The van der Waals surface area contributed by atoms with Gasteiger partial charge in [-0.05, 0) is 74.7 Å². The lowest BCUT2D eigenvalue weighted by molar-refractivity contribution is -0.137. The smallest absolute Gasteiger partial charge is 0.303 e. The molecule has 0 aromatic carbocycles. The number of allylic oxidation sites excluding steroid dienone is 4. The molecule has 0 amide bonds. The predicted octanol–water partition coefficient (Wildman–Crippen LogP) is 5.46. The summed E-state index contributed by atoms with van der Waals surface area (Å²) in [5, 5.41) is 8.67. The topological polar surface area (TPSA) is 46.5 Å².